The average molecular weight is 193 g/mol. The van der Waals surface area contributed by atoms with E-state index in [1.54, 1.807) is 0 Å². The predicted molar refractivity (Wildman–Crippen MR) is 59.8 cm³/mol. The van der Waals surface area contributed by atoms with Gasteiger partial charge in [-0.3, -0.25) is 9.79 Å². The van der Waals surface area contributed by atoms with Crippen molar-refractivity contribution in [2.45, 2.75) is 40.5 Å². The zero-order chi connectivity index (χ0) is 10.8. The Labute approximate surface area is 86.1 Å². The maximum absolute atomic E-state index is 11.6. The number of allylic oxidation sites excluding steroid dienone is 1. The number of hydrogen-bond donors (Lipinski definition) is 0. The quantitative estimate of drug-likeness (QED) is 0.677. The molecule has 0 aromatic heterocycles. The minimum atomic E-state index is 0.0923. The maximum atomic E-state index is 11.6. The minimum Gasteiger partial charge on any atom is -0.299 e. The van der Waals surface area contributed by atoms with Gasteiger partial charge in [0.05, 0.1) is 6.54 Å². The lowest BCUT2D eigenvalue weighted by atomic mass is 9.88. The van der Waals surface area contributed by atoms with Gasteiger partial charge in [-0.25, -0.2) is 0 Å². The summed E-state index contributed by atoms with van der Waals surface area (Å²) in [4.78, 5) is 15.9. The van der Waals surface area contributed by atoms with E-state index in [0.29, 0.717) is 18.6 Å². The molecule has 2 heteroatoms. The Balaban J connectivity index is 2.43. The Kier molecular flexibility index (Phi) is 3.25. The molecule has 0 amide bonds. The molecule has 0 atom stereocenters. The lowest BCUT2D eigenvalue weighted by Crippen LogP contribution is -2.15. The van der Waals surface area contributed by atoms with Crippen molar-refractivity contribution in [1.82, 2.24) is 0 Å². The van der Waals surface area contributed by atoms with Crippen molar-refractivity contribution in [1.29, 1.82) is 0 Å². The third-order valence-corrected chi connectivity index (χ3v) is 2.05. The van der Waals surface area contributed by atoms with Crippen molar-refractivity contribution in [3.8, 4) is 0 Å². The van der Waals surface area contributed by atoms with Crippen LogP contribution in [0.1, 0.15) is 40.5 Å². The van der Waals surface area contributed by atoms with Gasteiger partial charge in [-0.15, -0.1) is 0 Å². The fourth-order valence-electron chi connectivity index (χ4n) is 1.56. The van der Waals surface area contributed by atoms with Crippen LogP contribution in [0.5, 0.6) is 0 Å². The number of nitrogens with zero attached hydrogens (tertiary/aromatic N) is 1. The molecule has 1 aliphatic rings. The van der Waals surface area contributed by atoms with Gasteiger partial charge in [-0.05, 0) is 18.4 Å². The largest absolute Gasteiger partial charge is 0.299 e. The molecule has 2 nitrogen and oxygen atoms in total. The van der Waals surface area contributed by atoms with Gasteiger partial charge < -0.3 is 0 Å². The van der Waals surface area contributed by atoms with Crippen LogP contribution >= 0.6 is 0 Å². The Bertz CT molecular complexity index is 292. The summed E-state index contributed by atoms with van der Waals surface area (Å²) in [6.45, 7) is 9.08. The molecule has 1 aliphatic heterocycles. The summed E-state index contributed by atoms with van der Waals surface area (Å²) in [5, 5.41) is 0. The molecule has 1 rings (SSSR count). The number of carbonyl (C=O) groups is 1. The zero-order valence-corrected chi connectivity index (χ0v) is 9.55. The van der Waals surface area contributed by atoms with E-state index < -0.39 is 0 Å². The van der Waals surface area contributed by atoms with E-state index in [1.807, 2.05) is 13.0 Å². The van der Waals surface area contributed by atoms with E-state index in [0.717, 1.165) is 12.3 Å². The van der Waals surface area contributed by atoms with Crippen LogP contribution in [0.15, 0.2) is 16.6 Å². The standard InChI is InChI=1S/C12H19NO/c1-9-5-10(13-8-9)6-11(14)7-12(2,3)4/h5H,6-8H2,1-4H3. The number of hydrogen-bond acceptors (Lipinski definition) is 2. The summed E-state index contributed by atoms with van der Waals surface area (Å²) in [5.41, 5.74) is 2.30. The summed E-state index contributed by atoms with van der Waals surface area (Å²) in [7, 11) is 0. The lowest BCUT2D eigenvalue weighted by molar-refractivity contribution is -0.119. The van der Waals surface area contributed by atoms with Gasteiger partial charge in [-0.1, -0.05) is 26.3 Å². The summed E-state index contributed by atoms with van der Waals surface area (Å²) in [6, 6.07) is 0. The molecule has 0 aliphatic carbocycles. The van der Waals surface area contributed by atoms with Gasteiger partial charge in [0.2, 0.25) is 0 Å². The maximum Gasteiger partial charge on any atom is 0.139 e. The van der Waals surface area contributed by atoms with Crippen LogP contribution in [-0.2, 0) is 4.79 Å². The predicted octanol–water partition coefficient (Wildman–Crippen LogP) is 2.78. The van der Waals surface area contributed by atoms with Gasteiger partial charge in [0.1, 0.15) is 5.78 Å². The van der Waals surface area contributed by atoms with E-state index >= 15 is 0 Å². The van der Waals surface area contributed by atoms with Crippen LogP contribution in [0.4, 0.5) is 0 Å². The molecule has 0 unspecified atom stereocenters. The van der Waals surface area contributed by atoms with Crippen LogP contribution < -0.4 is 0 Å². The van der Waals surface area contributed by atoms with Crippen molar-refractivity contribution in [2.24, 2.45) is 10.4 Å². The van der Waals surface area contributed by atoms with Gasteiger partial charge in [0.15, 0.2) is 0 Å². The summed E-state index contributed by atoms with van der Waals surface area (Å²) in [6.07, 6.45) is 3.17. The number of ketones is 1. The van der Waals surface area contributed by atoms with Crippen LogP contribution in [-0.4, -0.2) is 18.0 Å². The molecule has 78 valence electrons. The van der Waals surface area contributed by atoms with Crippen molar-refractivity contribution < 1.29 is 4.79 Å². The highest BCUT2D eigenvalue weighted by Gasteiger charge is 2.17. The second kappa shape index (κ2) is 4.07. The van der Waals surface area contributed by atoms with E-state index in [2.05, 4.69) is 25.8 Å². The Morgan fingerprint density at radius 3 is 2.57 bits per heavy atom. The molecule has 0 bridgehead atoms. The monoisotopic (exact) mass is 193 g/mol. The van der Waals surface area contributed by atoms with Gasteiger partial charge in [0.25, 0.3) is 0 Å². The SMILES string of the molecule is CC1=CC(CC(=O)CC(C)(C)C)=NC1. The lowest BCUT2D eigenvalue weighted by Gasteiger charge is -2.16. The second-order valence-corrected chi connectivity index (χ2v) is 5.25. The van der Waals surface area contributed by atoms with Gasteiger partial charge >= 0.3 is 0 Å². The van der Waals surface area contributed by atoms with Crippen molar-refractivity contribution in [2.75, 3.05) is 6.54 Å². The minimum absolute atomic E-state index is 0.0923. The third-order valence-electron chi connectivity index (χ3n) is 2.05. The van der Waals surface area contributed by atoms with Crippen molar-refractivity contribution in [3.63, 3.8) is 0 Å². The molecule has 0 saturated carbocycles. The molecule has 0 saturated heterocycles. The molecule has 14 heavy (non-hydrogen) atoms. The number of carbonyl (C=O) groups excluding carboxylic acids is 1. The fraction of sp³-hybridized carbons (Fsp3) is 0.667. The first kappa shape index (κ1) is 11.2. The van der Waals surface area contributed by atoms with E-state index in [1.165, 1.54) is 5.57 Å². The van der Waals surface area contributed by atoms with E-state index in [4.69, 9.17) is 0 Å². The molecule has 1 heterocycles. The van der Waals surface area contributed by atoms with Crippen LogP contribution in [0.3, 0.4) is 0 Å². The van der Waals surface area contributed by atoms with Gasteiger partial charge in [-0.2, -0.15) is 0 Å². The first-order valence-corrected chi connectivity index (χ1v) is 5.09. The smallest absolute Gasteiger partial charge is 0.139 e. The van der Waals surface area contributed by atoms with E-state index in [-0.39, 0.29) is 5.41 Å². The second-order valence-electron chi connectivity index (χ2n) is 5.25. The fourth-order valence-corrected chi connectivity index (χ4v) is 1.56. The van der Waals surface area contributed by atoms with Crippen LogP contribution in [0, 0.1) is 5.41 Å². The Hall–Kier alpha value is -0.920. The Morgan fingerprint density at radius 2 is 2.14 bits per heavy atom. The first-order chi connectivity index (χ1) is 6.37. The van der Waals surface area contributed by atoms with Gasteiger partial charge in [0, 0.05) is 18.6 Å². The number of rotatable bonds is 3. The number of aliphatic imine (C=N–C) groups is 1. The molecular formula is C12H19NO. The first-order valence-electron chi connectivity index (χ1n) is 5.09. The van der Waals surface area contributed by atoms with Crippen LogP contribution in [0.25, 0.3) is 0 Å². The summed E-state index contributed by atoms with van der Waals surface area (Å²) in [5.74, 6) is 0.294. The summed E-state index contributed by atoms with van der Waals surface area (Å²) >= 11 is 0. The Morgan fingerprint density at radius 1 is 1.50 bits per heavy atom. The molecular weight excluding hydrogens is 174 g/mol. The van der Waals surface area contributed by atoms with Crippen molar-refractivity contribution in [3.05, 3.63) is 11.6 Å². The highest BCUT2D eigenvalue weighted by Crippen LogP contribution is 2.20. The van der Waals surface area contributed by atoms with Crippen molar-refractivity contribution >= 4 is 11.5 Å². The molecule has 0 N–H and O–H groups in total. The molecule has 0 spiro atoms. The zero-order valence-electron chi connectivity index (χ0n) is 9.55. The highest BCUT2D eigenvalue weighted by atomic mass is 16.1. The average Bonchev–Trinajstić information content (AvgIpc) is 2.30. The third kappa shape index (κ3) is 3.86. The molecule has 0 fully saturated rings. The molecule has 0 aromatic carbocycles. The highest BCUT2D eigenvalue weighted by molar-refractivity contribution is 6.09. The normalized spacial score (nSPS) is 16.6. The summed E-state index contributed by atoms with van der Waals surface area (Å²) < 4.78 is 0. The number of Topliss-reactive ketones (excluding diaryl/α,β-unsaturated/α-hetero) is 1. The topological polar surface area (TPSA) is 29.4 Å². The molecule has 0 aromatic rings. The molecule has 0 radical (unpaired) electrons. The van der Waals surface area contributed by atoms with Crippen LogP contribution in [0.2, 0.25) is 0 Å². The van der Waals surface area contributed by atoms with E-state index in [9.17, 15) is 4.79 Å².